The molecule has 1 aromatic carbocycles. The predicted octanol–water partition coefficient (Wildman–Crippen LogP) is 2.13. The third-order valence-corrected chi connectivity index (χ3v) is 5.64. The third-order valence-electron chi connectivity index (χ3n) is 3.82. The molecule has 0 spiro atoms. The summed E-state index contributed by atoms with van der Waals surface area (Å²) in [7, 11) is -3.72. The summed E-state index contributed by atoms with van der Waals surface area (Å²) in [5.41, 5.74) is 0.0759. The van der Waals surface area contributed by atoms with Gasteiger partial charge in [0.1, 0.15) is 17.7 Å². The number of sulfonamides is 1. The lowest BCUT2D eigenvalue weighted by molar-refractivity contribution is 0.119. The summed E-state index contributed by atoms with van der Waals surface area (Å²) in [4.78, 5) is 7.93. The van der Waals surface area contributed by atoms with E-state index in [1.54, 1.807) is 6.07 Å². The van der Waals surface area contributed by atoms with Gasteiger partial charge in [0.25, 0.3) is 0 Å². The predicted molar refractivity (Wildman–Crippen MR) is 86.2 cm³/mol. The summed E-state index contributed by atoms with van der Waals surface area (Å²) in [5, 5.41) is 0. The minimum Gasteiger partial charge on any atom is -0.459 e. The zero-order chi connectivity index (χ0) is 17.9. The quantitative estimate of drug-likeness (QED) is 0.807. The summed E-state index contributed by atoms with van der Waals surface area (Å²) in [6, 6.07) is 4.61. The Balaban J connectivity index is 1.69. The van der Waals surface area contributed by atoms with Crippen LogP contribution < -0.4 is 4.74 Å². The van der Waals surface area contributed by atoms with E-state index >= 15 is 0 Å². The van der Waals surface area contributed by atoms with Gasteiger partial charge >= 0.3 is 6.01 Å². The molecule has 1 saturated heterocycles. The molecule has 1 aliphatic heterocycles. The highest BCUT2D eigenvalue weighted by atomic mass is 32.2. The second-order valence-electron chi connectivity index (χ2n) is 5.81. The standard InChI is InChI=1S/C16H17F2N3O3S/c17-13-7-12(8-14(18)9-13)11-25(22,23)21-6-1-3-15(10-21)24-16-19-4-2-5-20-16/h2,4-5,7-9,15H,1,3,6,10-11H2. The molecule has 2 heterocycles. The molecule has 3 rings (SSSR count). The number of hydrogen-bond donors (Lipinski definition) is 0. The first-order valence-electron chi connectivity index (χ1n) is 7.79. The Hall–Kier alpha value is -2.13. The average molecular weight is 369 g/mol. The highest BCUT2D eigenvalue weighted by Crippen LogP contribution is 2.21. The normalized spacial score (nSPS) is 18.9. The lowest BCUT2D eigenvalue weighted by Crippen LogP contribution is -2.44. The van der Waals surface area contributed by atoms with Gasteiger partial charge in [-0.1, -0.05) is 0 Å². The molecule has 1 aliphatic rings. The number of aromatic nitrogens is 2. The monoisotopic (exact) mass is 369 g/mol. The number of rotatable bonds is 5. The Morgan fingerprint density at radius 3 is 2.52 bits per heavy atom. The van der Waals surface area contributed by atoms with Crippen molar-refractivity contribution in [1.82, 2.24) is 14.3 Å². The van der Waals surface area contributed by atoms with Crippen molar-refractivity contribution in [3.05, 3.63) is 53.9 Å². The summed E-state index contributed by atoms with van der Waals surface area (Å²) in [5.74, 6) is -2.06. The van der Waals surface area contributed by atoms with Crippen LogP contribution in [0.25, 0.3) is 0 Å². The second kappa shape index (κ2) is 7.40. The zero-order valence-corrected chi connectivity index (χ0v) is 14.1. The van der Waals surface area contributed by atoms with Crippen LogP contribution >= 0.6 is 0 Å². The number of piperidine rings is 1. The van der Waals surface area contributed by atoms with Gasteiger partial charge in [-0.25, -0.2) is 27.2 Å². The van der Waals surface area contributed by atoms with E-state index in [1.165, 1.54) is 16.7 Å². The molecule has 0 N–H and O–H groups in total. The fraction of sp³-hybridized carbons (Fsp3) is 0.375. The molecule has 9 heteroatoms. The average Bonchev–Trinajstić information content (AvgIpc) is 2.54. The van der Waals surface area contributed by atoms with E-state index in [0.29, 0.717) is 25.5 Å². The molecule has 0 saturated carbocycles. The summed E-state index contributed by atoms with van der Waals surface area (Å²) in [6.45, 7) is 0.494. The molecule has 0 radical (unpaired) electrons. The molecule has 1 aromatic heterocycles. The van der Waals surface area contributed by atoms with Crippen LogP contribution in [-0.2, 0) is 15.8 Å². The van der Waals surface area contributed by atoms with Crippen molar-refractivity contribution in [2.45, 2.75) is 24.7 Å². The van der Waals surface area contributed by atoms with Gasteiger partial charge in [0, 0.05) is 25.0 Å². The first-order valence-corrected chi connectivity index (χ1v) is 9.40. The van der Waals surface area contributed by atoms with E-state index in [9.17, 15) is 17.2 Å². The molecule has 1 atom stereocenters. The molecule has 0 aliphatic carbocycles. The molecule has 0 amide bonds. The minimum atomic E-state index is -3.72. The van der Waals surface area contributed by atoms with Gasteiger partial charge in [-0.2, -0.15) is 4.31 Å². The van der Waals surface area contributed by atoms with E-state index in [2.05, 4.69) is 9.97 Å². The lowest BCUT2D eigenvalue weighted by Gasteiger charge is -2.31. The largest absolute Gasteiger partial charge is 0.459 e. The number of halogens is 2. The van der Waals surface area contributed by atoms with Crippen molar-refractivity contribution >= 4 is 10.0 Å². The maximum atomic E-state index is 13.3. The minimum absolute atomic E-state index is 0.0759. The Bertz CT molecular complexity index is 814. The smallest absolute Gasteiger partial charge is 0.316 e. The van der Waals surface area contributed by atoms with E-state index in [1.807, 2.05) is 0 Å². The SMILES string of the molecule is O=S(=O)(Cc1cc(F)cc(F)c1)N1CCCC(Oc2ncccn2)C1. The fourth-order valence-corrected chi connectivity index (χ4v) is 4.32. The van der Waals surface area contributed by atoms with Gasteiger partial charge < -0.3 is 4.74 Å². The molecule has 1 unspecified atom stereocenters. The number of hydrogen-bond acceptors (Lipinski definition) is 5. The van der Waals surface area contributed by atoms with Gasteiger partial charge in [-0.15, -0.1) is 0 Å². The lowest BCUT2D eigenvalue weighted by atomic mass is 10.1. The maximum absolute atomic E-state index is 13.3. The molecule has 0 bridgehead atoms. The van der Waals surface area contributed by atoms with Crippen molar-refractivity contribution in [3.8, 4) is 6.01 Å². The van der Waals surface area contributed by atoms with E-state index < -0.39 is 27.4 Å². The Labute approximate surface area is 144 Å². The van der Waals surface area contributed by atoms with Crippen LogP contribution in [0.5, 0.6) is 6.01 Å². The number of ether oxygens (including phenoxy) is 1. The van der Waals surface area contributed by atoms with Crippen LogP contribution in [0.2, 0.25) is 0 Å². The van der Waals surface area contributed by atoms with Crippen LogP contribution in [0.15, 0.2) is 36.7 Å². The van der Waals surface area contributed by atoms with Crippen molar-refractivity contribution in [2.75, 3.05) is 13.1 Å². The third kappa shape index (κ3) is 4.70. The van der Waals surface area contributed by atoms with Crippen molar-refractivity contribution in [2.24, 2.45) is 0 Å². The highest BCUT2D eigenvalue weighted by molar-refractivity contribution is 7.88. The molecule has 6 nitrogen and oxygen atoms in total. The Morgan fingerprint density at radius 1 is 1.16 bits per heavy atom. The van der Waals surface area contributed by atoms with Crippen LogP contribution in [-0.4, -0.2) is 41.9 Å². The van der Waals surface area contributed by atoms with Gasteiger partial charge in [-0.3, -0.25) is 0 Å². The molecular weight excluding hydrogens is 352 g/mol. The molecular formula is C16H17F2N3O3S. The van der Waals surface area contributed by atoms with Crippen molar-refractivity contribution in [1.29, 1.82) is 0 Å². The summed E-state index contributed by atoms with van der Waals surface area (Å²) in [6.07, 6.45) is 4.01. The van der Waals surface area contributed by atoms with E-state index in [4.69, 9.17) is 4.74 Å². The van der Waals surface area contributed by atoms with E-state index in [0.717, 1.165) is 12.1 Å². The van der Waals surface area contributed by atoms with Gasteiger partial charge in [0.05, 0.1) is 12.3 Å². The zero-order valence-electron chi connectivity index (χ0n) is 13.3. The van der Waals surface area contributed by atoms with Crippen molar-refractivity contribution in [3.63, 3.8) is 0 Å². The second-order valence-corrected chi connectivity index (χ2v) is 7.77. The number of benzene rings is 1. The van der Waals surface area contributed by atoms with Crippen LogP contribution in [0, 0.1) is 11.6 Å². The first-order chi connectivity index (χ1) is 11.9. The van der Waals surface area contributed by atoms with Crippen LogP contribution in [0.1, 0.15) is 18.4 Å². The van der Waals surface area contributed by atoms with Gasteiger partial charge in [-0.05, 0) is 36.6 Å². The van der Waals surface area contributed by atoms with Gasteiger partial charge in [0.2, 0.25) is 10.0 Å². The van der Waals surface area contributed by atoms with E-state index in [-0.39, 0.29) is 24.2 Å². The summed E-state index contributed by atoms with van der Waals surface area (Å²) < 4.78 is 58.6. The molecule has 25 heavy (non-hydrogen) atoms. The molecule has 1 fully saturated rings. The maximum Gasteiger partial charge on any atom is 0.316 e. The fourth-order valence-electron chi connectivity index (χ4n) is 2.75. The molecule has 134 valence electrons. The Kier molecular flexibility index (Phi) is 5.24. The first kappa shape index (κ1) is 17.7. The molecule has 2 aromatic rings. The number of nitrogens with zero attached hydrogens (tertiary/aromatic N) is 3. The van der Waals surface area contributed by atoms with Gasteiger partial charge in [0.15, 0.2) is 0 Å². The van der Waals surface area contributed by atoms with Crippen molar-refractivity contribution < 1.29 is 21.9 Å². The summed E-state index contributed by atoms with van der Waals surface area (Å²) >= 11 is 0. The van der Waals surface area contributed by atoms with Crippen LogP contribution in [0.4, 0.5) is 8.78 Å². The highest BCUT2D eigenvalue weighted by Gasteiger charge is 2.30. The van der Waals surface area contributed by atoms with Crippen LogP contribution in [0.3, 0.4) is 0 Å². The Morgan fingerprint density at radius 2 is 1.84 bits per heavy atom. The topological polar surface area (TPSA) is 72.4 Å².